The maximum atomic E-state index is 13.4. The molecule has 118 valence electrons. The summed E-state index contributed by atoms with van der Waals surface area (Å²) in [6.45, 7) is 0.931. The third-order valence-corrected chi connectivity index (χ3v) is 4.10. The number of urea groups is 1. The van der Waals surface area contributed by atoms with E-state index in [2.05, 4.69) is 20.9 Å². The summed E-state index contributed by atoms with van der Waals surface area (Å²) in [6.07, 6.45) is 0. The molecule has 5 nitrogen and oxygen atoms in total. The van der Waals surface area contributed by atoms with Gasteiger partial charge in [0.1, 0.15) is 5.82 Å². The van der Waals surface area contributed by atoms with Crippen LogP contribution in [-0.2, 0) is 0 Å². The standard InChI is InChI=1S/C16H15FN4OS/c17-11-5-1-2-6-12(11)20-15(22)18-9-10-19-16-21-13-7-3-4-8-14(13)23-16/h1-8H,9-10H2,(H,19,21)(H2,18,20,22). The number of amides is 2. The summed E-state index contributed by atoms with van der Waals surface area (Å²) in [5, 5.41) is 9.09. The summed E-state index contributed by atoms with van der Waals surface area (Å²) in [4.78, 5) is 16.1. The van der Waals surface area contributed by atoms with Crippen molar-refractivity contribution in [2.24, 2.45) is 0 Å². The number of fused-ring (bicyclic) bond motifs is 1. The molecule has 0 fully saturated rings. The molecule has 0 spiro atoms. The van der Waals surface area contributed by atoms with Crippen LogP contribution in [0.5, 0.6) is 0 Å². The Hall–Kier alpha value is -2.67. The Bertz CT molecular complexity index is 787. The van der Waals surface area contributed by atoms with E-state index in [1.165, 1.54) is 12.1 Å². The van der Waals surface area contributed by atoms with Crippen LogP contribution in [0.4, 0.5) is 20.0 Å². The number of halogens is 1. The fraction of sp³-hybridized carbons (Fsp3) is 0.125. The minimum Gasteiger partial charge on any atom is -0.360 e. The molecule has 3 N–H and O–H groups in total. The van der Waals surface area contributed by atoms with Crippen molar-refractivity contribution in [3.63, 3.8) is 0 Å². The SMILES string of the molecule is O=C(NCCNc1nc2ccccc2s1)Nc1ccccc1F. The predicted octanol–water partition coefficient (Wildman–Crippen LogP) is 3.67. The van der Waals surface area contributed by atoms with Crippen LogP contribution in [0.2, 0.25) is 0 Å². The molecule has 7 heteroatoms. The quantitative estimate of drug-likeness (QED) is 0.625. The number of hydrogen-bond donors (Lipinski definition) is 3. The van der Waals surface area contributed by atoms with E-state index < -0.39 is 11.8 Å². The summed E-state index contributed by atoms with van der Waals surface area (Å²) in [5.41, 5.74) is 1.11. The summed E-state index contributed by atoms with van der Waals surface area (Å²) in [7, 11) is 0. The van der Waals surface area contributed by atoms with Crippen LogP contribution in [0.3, 0.4) is 0 Å². The number of nitrogens with one attached hydrogen (secondary N) is 3. The van der Waals surface area contributed by atoms with Gasteiger partial charge in [-0.05, 0) is 24.3 Å². The van der Waals surface area contributed by atoms with Crippen LogP contribution in [-0.4, -0.2) is 24.1 Å². The normalized spacial score (nSPS) is 10.5. The van der Waals surface area contributed by atoms with Gasteiger partial charge in [-0.1, -0.05) is 35.6 Å². The van der Waals surface area contributed by atoms with Gasteiger partial charge in [0.15, 0.2) is 5.13 Å². The number of nitrogens with zero attached hydrogens (tertiary/aromatic N) is 1. The number of anilines is 2. The molecule has 0 unspecified atom stereocenters. The highest BCUT2D eigenvalue weighted by molar-refractivity contribution is 7.22. The average molecular weight is 330 g/mol. The van der Waals surface area contributed by atoms with Crippen LogP contribution < -0.4 is 16.0 Å². The topological polar surface area (TPSA) is 66.0 Å². The molecule has 0 atom stereocenters. The molecule has 1 heterocycles. The Morgan fingerprint density at radius 3 is 2.70 bits per heavy atom. The van der Waals surface area contributed by atoms with E-state index in [9.17, 15) is 9.18 Å². The number of para-hydroxylation sites is 2. The third-order valence-electron chi connectivity index (χ3n) is 3.10. The second-order valence-electron chi connectivity index (χ2n) is 4.77. The van der Waals surface area contributed by atoms with E-state index in [1.807, 2.05) is 24.3 Å². The van der Waals surface area contributed by atoms with Gasteiger partial charge in [0, 0.05) is 13.1 Å². The van der Waals surface area contributed by atoms with E-state index in [-0.39, 0.29) is 5.69 Å². The number of benzene rings is 2. The van der Waals surface area contributed by atoms with Crippen LogP contribution in [0.1, 0.15) is 0 Å². The van der Waals surface area contributed by atoms with Crippen LogP contribution in [0.15, 0.2) is 48.5 Å². The second kappa shape index (κ2) is 7.06. The van der Waals surface area contributed by atoms with Crippen molar-refractivity contribution in [2.45, 2.75) is 0 Å². The van der Waals surface area contributed by atoms with Crippen molar-refractivity contribution >= 4 is 38.4 Å². The number of carbonyl (C=O) groups excluding carboxylic acids is 1. The minimum atomic E-state index is -0.463. The van der Waals surface area contributed by atoms with E-state index in [0.717, 1.165) is 15.3 Å². The largest absolute Gasteiger partial charge is 0.360 e. The molecular formula is C16H15FN4OS. The molecule has 2 aromatic carbocycles. The Morgan fingerprint density at radius 1 is 1.09 bits per heavy atom. The summed E-state index contributed by atoms with van der Waals surface area (Å²) in [5.74, 6) is -0.463. The first kappa shape index (κ1) is 15.2. The molecule has 0 aliphatic heterocycles. The summed E-state index contributed by atoms with van der Waals surface area (Å²) >= 11 is 1.56. The highest BCUT2D eigenvalue weighted by Crippen LogP contribution is 2.24. The Morgan fingerprint density at radius 2 is 1.87 bits per heavy atom. The second-order valence-corrected chi connectivity index (χ2v) is 5.80. The molecule has 3 aromatic rings. The molecule has 0 aliphatic carbocycles. The lowest BCUT2D eigenvalue weighted by atomic mass is 10.3. The van der Waals surface area contributed by atoms with Crippen LogP contribution in [0.25, 0.3) is 10.2 Å². The maximum absolute atomic E-state index is 13.4. The zero-order chi connectivity index (χ0) is 16.1. The van der Waals surface area contributed by atoms with Crippen molar-refractivity contribution in [2.75, 3.05) is 23.7 Å². The molecular weight excluding hydrogens is 315 g/mol. The molecule has 2 amide bonds. The van der Waals surface area contributed by atoms with Gasteiger partial charge in [-0.15, -0.1) is 0 Å². The lowest BCUT2D eigenvalue weighted by molar-refractivity contribution is 0.252. The maximum Gasteiger partial charge on any atom is 0.319 e. The van der Waals surface area contributed by atoms with Crippen LogP contribution in [0, 0.1) is 5.82 Å². The Labute approximate surface area is 136 Å². The molecule has 1 aromatic heterocycles. The summed E-state index contributed by atoms with van der Waals surface area (Å²) < 4.78 is 14.5. The van der Waals surface area contributed by atoms with Crippen molar-refractivity contribution in [1.82, 2.24) is 10.3 Å². The fourth-order valence-electron chi connectivity index (χ4n) is 2.02. The first-order chi connectivity index (χ1) is 11.2. The molecule has 0 bridgehead atoms. The summed E-state index contributed by atoms with van der Waals surface area (Å²) in [6, 6.07) is 13.5. The van der Waals surface area contributed by atoms with Crippen molar-refractivity contribution in [1.29, 1.82) is 0 Å². The van der Waals surface area contributed by atoms with E-state index in [1.54, 1.807) is 23.5 Å². The van der Waals surface area contributed by atoms with Gasteiger partial charge >= 0.3 is 6.03 Å². The first-order valence-corrected chi connectivity index (χ1v) is 7.93. The smallest absolute Gasteiger partial charge is 0.319 e. The predicted molar refractivity (Wildman–Crippen MR) is 91.5 cm³/mol. The van der Waals surface area contributed by atoms with Gasteiger partial charge in [0.25, 0.3) is 0 Å². The average Bonchev–Trinajstić information content (AvgIpc) is 2.96. The van der Waals surface area contributed by atoms with Gasteiger partial charge in [-0.25, -0.2) is 14.2 Å². The monoisotopic (exact) mass is 330 g/mol. The zero-order valence-corrected chi connectivity index (χ0v) is 13.0. The van der Waals surface area contributed by atoms with Gasteiger partial charge in [0.05, 0.1) is 15.9 Å². The third kappa shape index (κ3) is 3.95. The van der Waals surface area contributed by atoms with Crippen molar-refractivity contribution in [3.8, 4) is 0 Å². The van der Waals surface area contributed by atoms with E-state index in [0.29, 0.717) is 13.1 Å². The highest BCUT2D eigenvalue weighted by atomic mass is 32.1. The molecule has 3 rings (SSSR count). The van der Waals surface area contributed by atoms with Gasteiger partial charge in [0.2, 0.25) is 0 Å². The Balaban J connectivity index is 1.44. The highest BCUT2D eigenvalue weighted by Gasteiger charge is 2.05. The van der Waals surface area contributed by atoms with Crippen LogP contribution >= 0.6 is 11.3 Å². The molecule has 0 radical (unpaired) electrons. The molecule has 0 saturated carbocycles. The van der Waals surface area contributed by atoms with Crippen molar-refractivity contribution < 1.29 is 9.18 Å². The lowest BCUT2D eigenvalue weighted by Gasteiger charge is -2.08. The number of aromatic nitrogens is 1. The van der Waals surface area contributed by atoms with Gasteiger partial charge in [-0.2, -0.15) is 0 Å². The first-order valence-electron chi connectivity index (χ1n) is 7.11. The van der Waals surface area contributed by atoms with Crippen molar-refractivity contribution in [3.05, 3.63) is 54.3 Å². The minimum absolute atomic E-state index is 0.157. The zero-order valence-electron chi connectivity index (χ0n) is 12.2. The van der Waals surface area contributed by atoms with Gasteiger partial charge < -0.3 is 16.0 Å². The number of rotatable bonds is 5. The Kier molecular flexibility index (Phi) is 4.68. The molecule has 0 saturated heterocycles. The molecule has 23 heavy (non-hydrogen) atoms. The molecule has 0 aliphatic rings. The van der Waals surface area contributed by atoms with Gasteiger partial charge in [-0.3, -0.25) is 0 Å². The van der Waals surface area contributed by atoms with E-state index in [4.69, 9.17) is 0 Å². The lowest BCUT2D eigenvalue weighted by Crippen LogP contribution is -2.32. The van der Waals surface area contributed by atoms with E-state index >= 15 is 0 Å². The number of carbonyl (C=O) groups is 1. The number of thiazole rings is 1. The number of hydrogen-bond acceptors (Lipinski definition) is 4. The fourth-order valence-corrected chi connectivity index (χ4v) is 2.91.